The Kier molecular flexibility index (Phi) is 7.12. The van der Waals surface area contributed by atoms with Crippen LogP contribution in [0, 0.1) is 11.3 Å². The van der Waals surface area contributed by atoms with Gasteiger partial charge < -0.3 is 15.4 Å². The van der Waals surface area contributed by atoms with E-state index in [2.05, 4.69) is 15.4 Å². The molecule has 0 saturated carbocycles. The van der Waals surface area contributed by atoms with Gasteiger partial charge in [-0.3, -0.25) is 4.79 Å². The van der Waals surface area contributed by atoms with E-state index in [0.29, 0.717) is 5.75 Å². The molecule has 0 aliphatic heterocycles. The van der Waals surface area contributed by atoms with Gasteiger partial charge in [0.1, 0.15) is 12.1 Å². The Morgan fingerprint density at radius 2 is 2.12 bits per heavy atom. The lowest BCUT2D eigenvalue weighted by Crippen LogP contribution is -2.50. The highest BCUT2D eigenvalue weighted by atomic mass is 32.2. The highest BCUT2D eigenvalue weighted by molar-refractivity contribution is 7.98. The number of amides is 2. The van der Waals surface area contributed by atoms with Crippen LogP contribution in [-0.2, 0) is 9.53 Å². The van der Waals surface area contributed by atoms with Gasteiger partial charge in [0, 0.05) is 5.75 Å². The van der Waals surface area contributed by atoms with Gasteiger partial charge in [0.15, 0.2) is 0 Å². The number of alkyl carbamates (subject to hydrolysis) is 1. The molecule has 0 rings (SSSR count). The second-order valence-corrected chi connectivity index (χ2v) is 3.91. The molecule has 2 unspecified atom stereocenters. The van der Waals surface area contributed by atoms with Crippen LogP contribution in [0.5, 0.6) is 0 Å². The minimum atomic E-state index is -0.696. The highest BCUT2D eigenvalue weighted by Crippen LogP contribution is 1.98. The van der Waals surface area contributed by atoms with Gasteiger partial charge in [-0.1, -0.05) is 0 Å². The molecule has 0 fully saturated rings. The zero-order valence-electron chi connectivity index (χ0n) is 9.44. The number of carbonyl (C=O) groups excluding carboxylic acids is 2. The van der Waals surface area contributed by atoms with Gasteiger partial charge in [-0.15, -0.1) is 0 Å². The summed E-state index contributed by atoms with van der Waals surface area (Å²) in [4.78, 5) is 22.6. The number of nitrogens with one attached hydrogen (secondary N) is 2. The Labute approximate surface area is 98.7 Å². The molecular formula is C9H15N3O3S. The number of thioether (sulfide) groups is 1. The third-order valence-corrected chi connectivity index (χ3v) is 2.35. The van der Waals surface area contributed by atoms with Gasteiger partial charge in [0.25, 0.3) is 0 Å². The van der Waals surface area contributed by atoms with Crippen LogP contribution in [0.15, 0.2) is 0 Å². The SMILES string of the molecule is COC(=O)NC(CSC)C(=O)NC(C)C#N. The second-order valence-electron chi connectivity index (χ2n) is 3.00. The number of methoxy groups -OCH3 is 1. The molecule has 0 spiro atoms. The summed E-state index contributed by atoms with van der Waals surface area (Å²) in [7, 11) is 1.22. The zero-order valence-corrected chi connectivity index (χ0v) is 10.3. The van der Waals surface area contributed by atoms with E-state index >= 15 is 0 Å². The molecule has 90 valence electrons. The van der Waals surface area contributed by atoms with Crippen molar-refractivity contribution in [3.8, 4) is 6.07 Å². The standard InChI is InChI=1S/C9H15N3O3S/c1-6(4-10)11-8(13)7(5-16-3)12-9(14)15-2/h6-7H,5H2,1-3H3,(H,11,13)(H,12,14). The first-order chi connectivity index (χ1) is 7.54. The molecule has 2 N–H and O–H groups in total. The summed E-state index contributed by atoms with van der Waals surface area (Å²) >= 11 is 1.41. The highest BCUT2D eigenvalue weighted by Gasteiger charge is 2.21. The van der Waals surface area contributed by atoms with Crippen molar-refractivity contribution in [1.82, 2.24) is 10.6 Å². The molecule has 16 heavy (non-hydrogen) atoms. The van der Waals surface area contributed by atoms with Crippen molar-refractivity contribution >= 4 is 23.8 Å². The van der Waals surface area contributed by atoms with Crippen molar-refractivity contribution in [3.63, 3.8) is 0 Å². The third-order valence-electron chi connectivity index (χ3n) is 1.68. The van der Waals surface area contributed by atoms with E-state index < -0.39 is 24.1 Å². The van der Waals surface area contributed by atoms with Crippen molar-refractivity contribution in [2.45, 2.75) is 19.0 Å². The Balaban J connectivity index is 4.35. The summed E-state index contributed by atoms with van der Waals surface area (Å²) in [6, 6.07) is 0.595. The van der Waals surface area contributed by atoms with Crippen molar-refractivity contribution in [2.75, 3.05) is 19.1 Å². The zero-order chi connectivity index (χ0) is 12.6. The van der Waals surface area contributed by atoms with Crippen LogP contribution in [0.1, 0.15) is 6.92 Å². The minimum Gasteiger partial charge on any atom is -0.453 e. The Bertz CT molecular complexity index is 290. The molecule has 0 aliphatic rings. The van der Waals surface area contributed by atoms with E-state index in [9.17, 15) is 9.59 Å². The average molecular weight is 245 g/mol. The molecule has 0 bridgehead atoms. The van der Waals surface area contributed by atoms with Gasteiger partial charge in [0.05, 0.1) is 13.2 Å². The maximum absolute atomic E-state index is 11.6. The Hall–Kier alpha value is -1.42. The summed E-state index contributed by atoms with van der Waals surface area (Å²) in [5.74, 6) is 0.0211. The Morgan fingerprint density at radius 3 is 2.56 bits per heavy atom. The molecule has 0 aromatic rings. The van der Waals surface area contributed by atoms with Crippen LogP contribution >= 0.6 is 11.8 Å². The fourth-order valence-corrected chi connectivity index (χ4v) is 1.47. The van der Waals surface area contributed by atoms with Crippen LogP contribution in [-0.4, -0.2) is 43.2 Å². The molecule has 0 aromatic heterocycles. The lowest BCUT2D eigenvalue weighted by molar-refractivity contribution is -0.122. The minimum absolute atomic E-state index is 0.395. The predicted molar refractivity (Wildman–Crippen MR) is 60.9 cm³/mol. The molecule has 0 aliphatic carbocycles. The largest absolute Gasteiger partial charge is 0.453 e. The molecule has 0 saturated heterocycles. The summed E-state index contributed by atoms with van der Waals surface area (Å²) in [5, 5.41) is 13.4. The second kappa shape index (κ2) is 7.82. The summed E-state index contributed by atoms with van der Waals surface area (Å²) in [5.41, 5.74) is 0. The summed E-state index contributed by atoms with van der Waals surface area (Å²) < 4.78 is 4.40. The summed E-state index contributed by atoms with van der Waals surface area (Å²) in [6.07, 6.45) is 1.14. The monoisotopic (exact) mass is 245 g/mol. The molecule has 2 atom stereocenters. The van der Waals surface area contributed by atoms with Crippen molar-refractivity contribution < 1.29 is 14.3 Å². The maximum atomic E-state index is 11.6. The van der Waals surface area contributed by atoms with Crippen LogP contribution in [0.25, 0.3) is 0 Å². The molecule has 0 radical (unpaired) electrons. The lowest BCUT2D eigenvalue weighted by Gasteiger charge is -2.17. The first kappa shape index (κ1) is 14.6. The quantitative estimate of drug-likeness (QED) is 0.717. The van der Waals surface area contributed by atoms with E-state index in [-0.39, 0.29) is 0 Å². The average Bonchev–Trinajstić information content (AvgIpc) is 2.27. The molecule has 2 amide bonds. The van der Waals surface area contributed by atoms with Gasteiger partial charge in [0.2, 0.25) is 5.91 Å². The lowest BCUT2D eigenvalue weighted by atomic mass is 10.3. The van der Waals surface area contributed by atoms with E-state index in [1.165, 1.54) is 18.9 Å². The van der Waals surface area contributed by atoms with Crippen LogP contribution in [0.2, 0.25) is 0 Å². The van der Waals surface area contributed by atoms with Crippen LogP contribution in [0.4, 0.5) is 4.79 Å². The molecule has 0 heterocycles. The summed E-state index contributed by atoms with van der Waals surface area (Å²) in [6.45, 7) is 1.56. The van der Waals surface area contributed by atoms with E-state index in [0.717, 1.165) is 0 Å². The number of rotatable bonds is 5. The molecule has 7 heteroatoms. The molecule has 0 aromatic carbocycles. The number of hydrogen-bond donors (Lipinski definition) is 2. The first-order valence-electron chi connectivity index (χ1n) is 4.58. The number of nitriles is 1. The number of carbonyl (C=O) groups is 2. The van der Waals surface area contributed by atoms with Crippen molar-refractivity contribution in [2.24, 2.45) is 0 Å². The van der Waals surface area contributed by atoms with E-state index in [1.807, 2.05) is 12.3 Å². The van der Waals surface area contributed by atoms with E-state index in [1.54, 1.807) is 6.92 Å². The normalized spacial score (nSPS) is 13.1. The fraction of sp³-hybridized carbons (Fsp3) is 0.667. The van der Waals surface area contributed by atoms with Crippen molar-refractivity contribution in [3.05, 3.63) is 0 Å². The molecule has 6 nitrogen and oxygen atoms in total. The van der Waals surface area contributed by atoms with Gasteiger partial charge in [-0.25, -0.2) is 4.79 Å². The van der Waals surface area contributed by atoms with Gasteiger partial charge >= 0.3 is 6.09 Å². The maximum Gasteiger partial charge on any atom is 0.407 e. The molecular weight excluding hydrogens is 230 g/mol. The van der Waals surface area contributed by atoms with Gasteiger partial charge in [-0.05, 0) is 13.2 Å². The topological polar surface area (TPSA) is 91.2 Å². The van der Waals surface area contributed by atoms with E-state index in [4.69, 9.17) is 5.26 Å². The first-order valence-corrected chi connectivity index (χ1v) is 5.98. The smallest absolute Gasteiger partial charge is 0.407 e. The van der Waals surface area contributed by atoms with Crippen LogP contribution in [0.3, 0.4) is 0 Å². The van der Waals surface area contributed by atoms with Crippen molar-refractivity contribution in [1.29, 1.82) is 5.26 Å². The predicted octanol–water partition coefficient (Wildman–Crippen LogP) is 0.102. The van der Waals surface area contributed by atoms with Gasteiger partial charge in [-0.2, -0.15) is 17.0 Å². The van der Waals surface area contributed by atoms with Crippen LogP contribution < -0.4 is 10.6 Å². The number of hydrogen-bond acceptors (Lipinski definition) is 5. The Morgan fingerprint density at radius 1 is 1.50 bits per heavy atom. The number of ether oxygens (including phenoxy) is 1. The third kappa shape index (κ3) is 5.46. The number of nitrogens with zero attached hydrogens (tertiary/aromatic N) is 1. The fourth-order valence-electron chi connectivity index (χ4n) is 0.897.